The van der Waals surface area contributed by atoms with Crippen molar-refractivity contribution in [3.63, 3.8) is 0 Å². The van der Waals surface area contributed by atoms with E-state index in [1.54, 1.807) is 7.11 Å². The Bertz CT molecular complexity index is 668. The first-order valence-corrected chi connectivity index (χ1v) is 7.78. The van der Waals surface area contributed by atoms with Gasteiger partial charge < -0.3 is 9.47 Å². The maximum absolute atomic E-state index is 6.07. The van der Waals surface area contributed by atoms with Crippen LogP contribution in [0.5, 0.6) is 11.5 Å². The van der Waals surface area contributed by atoms with E-state index in [-0.39, 0.29) is 6.10 Å². The second-order valence-corrected chi connectivity index (χ2v) is 5.68. The number of hydrogen-bond donors (Lipinski definition) is 2. The van der Waals surface area contributed by atoms with Crippen molar-refractivity contribution < 1.29 is 14.5 Å². The molecule has 0 radical (unpaired) electrons. The lowest BCUT2D eigenvalue weighted by Gasteiger charge is -2.12. The van der Waals surface area contributed by atoms with Crippen molar-refractivity contribution in [1.82, 2.24) is 0 Å². The van der Waals surface area contributed by atoms with Gasteiger partial charge in [-0.25, -0.2) is 0 Å². The molecule has 0 spiro atoms. The first-order valence-electron chi connectivity index (χ1n) is 7.78. The van der Waals surface area contributed by atoms with E-state index in [4.69, 9.17) is 15.2 Å². The molecule has 4 heteroatoms. The average molecular weight is 313 g/mol. The number of rotatable bonds is 7. The van der Waals surface area contributed by atoms with Crippen LogP contribution in [-0.2, 0) is 6.42 Å². The summed E-state index contributed by atoms with van der Waals surface area (Å²) in [6.45, 7) is 4.73. The highest BCUT2D eigenvalue weighted by Crippen LogP contribution is 2.19. The molecule has 0 saturated carbocycles. The van der Waals surface area contributed by atoms with Gasteiger partial charge >= 0.3 is 0 Å². The van der Waals surface area contributed by atoms with Gasteiger partial charge in [0, 0.05) is 6.07 Å². The van der Waals surface area contributed by atoms with Crippen LogP contribution in [0.1, 0.15) is 18.1 Å². The highest BCUT2D eigenvalue weighted by molar-refractivity contribution is 5.77. The van der Waals surface area contributed by atoms with Crippen LogP contribution in [0.4, 0.5) is 0 Å². The fourth-order valence-corrected chi connectivity index (χ4v) is 2.33. The lowest BCUT2D eigenvalue weighted by atomic mass is 10.1. The van der Waals surface area contributed by atoms with Gasteiger partial charge in [0.15, 0.2) is 0 Å². The Balaban J connectivity index is 1.88. The summed E-state index contributed by atoms with van der Waals surface area (Å²) < 4.78 is 11.1. The van der Waals surface area contributed by atoms with Gasteiger partial charge in [0.2, 0.25) is 5.84 Å². The average Bonchev–Trinajstić information content (AvgIpc) is 2.53. The third kappa shape index (κ3) is 5.66. The van der Waals surface area contributed by atoms with Gasteiger partial charge in [-0.15, -0.1) is 0 Å². The SMILES string of the molecule is COc1cccc(O[C@H](C)C[NH+]=C(N)Cc2cccc(C)c2)c1. The monoisotopic (exact) mass is 313 g/mol. The fraction of sp³-hybridized carbons (Fsp3) is 0.316. The molecule has 2 rings (SSSR count). The van der Waals surface area contributed by atoms with Crippen molar-refractivity contribution in [3.8, 4) is 11.5 Å². The molecule has 0 amide bonds. The third-order valence-electron chi connectivity index (χ3n) is 3.47. The summed E-state index contributed by atoms with van der Waals surface area (Å²) in [4.78, 5) is 3.24. The van der Waals surface area contributed by atoms with Gasteiger partial charge in [-0.1, -0.05) is 35.9 Å². The zero-order valence-corrected chi connectivity index (χ0v) is 14.0. The van der Waals surface area contributed by atoms with Crippen molar-refractivity contribution in [2.45, 2.75) is 26.4 Å². The lowest BCUT2D eigenvalue weighted by molar-refractivity contribution is -0.468. The number of amidine groups is 1. The van der Waals surface area contributed by atoms with Crippen LogP contribution < -0.4 is 20.2 Å². The Labute approximate surface area is 138 Å². The molecule has 2 aromatic carbocycles. The van der Waals surface area contributed by atoms with Gasteiger partial charge in [-0.2, -0.15) is 0 Å². The Morgan fingerprint density at radius 3 is 2.61 bits per heavy atom. The molecule has 0 fully saturated rings. The van der Waals surface area contributed by atoms with Crippen LogP contribution >= 0.6 is 0 Å². The molecule has 122 valence electrons. The summed E-state index contributed by atoms with van der Waals surface area (Å²) >= 11 is 0. The van der Waals surface area contributed by atoms with Gasteiger partial charge in [0.25, 0.3) is 0 Å². The Morgan fingerprint density at radius 2 is 1.87 bits per heavy atom. The number of benzene rings is 2. The molecule has 0 aromatic heterocycles. The summed E-state index contributed by atoms with van der Waals surface area (Å²) in [5.41, 5.74) is 8.52. The summed E-state index contributed by atoms with van der Waals surface area (Å²) in [6.07, 6.45) is 0.714. The smallest absolute Gasteiger partial charge is 0.245 e. The van der Waals surface area contributed by atoms with E-state index in [1.165, 1.54) is 11.1 Å². The quantitative estimate of drug-likeness (QED) is 0.601. The molecule has 0 aliphatic carbocycles. The predicted molar refractivity (Wildman–Crippen MR) is 93.0 cm³/mol. The minimum absolute atomic E-state index is 0.00170. The lowest BCUT2D eigenvalue weighted by Crippen LogP contribution is -2.78. The zero-order valence-electron chi connectivity index (χ0n) is 14.0. The van der Waals surface area contributed by atoms with Crippen molar-refractivity contribution in [2.75, 3.05) is 13.7 Å². The van der Waals surface area contributed by atoms with Crippen LogP contribution in [0.25, 0.3) is 0 Å². The topological polar surface area (TPSA) is 58.5 Å². The molecule has 4 nitrogen and oxygen atoms in total. The summed E-state index contributed by atoms with van der Waals surface area (Å²) in [5, 5.41) is 0. The van der Waals surface area contributed by atoms with E-state index in [0.29, 0.717) is 13.0 Å². The first kappa shape index (κ1) is 16.9. The largest absolute Gasteiger partial charge is 0.497 e. The van der Waals surface area contributed by atoms with E-state index >= 15 is 0 Å². The minimum Gasteiger partial charge on any atom is -0.497 e. The summed E-state index contributed by atoms with van der Waals surface area (Å²) in [7, 11) is 1.64. The maximum Gasteiger partial charge on any atom is 0.245 e. The summed E-state index contributed by atoms with van der Waals surface area (Å²) in [5.74, 6) is 2.32. The molecular formula is C19H25N2O2+. The molecule has 0 heterocycles. The number of nitrogens with one attached hydrogen (secondary N) is 1. The molecule has 0 saturated heterocycles. The van der Waals surface area contributed by atoms with Gasteiger partial charge in [0.1, 0.15) is 24.1 Å². The van der Waals surface area contributed by atoms with Crippen LogP contribution in [0.2, 0.25) is 0 Å². The Morgan fingerprint density at radius 1 is 1.13 bits per heavy atom. The van der Waals surface area contributed by atoms with Crippen molar-refractivity contribution in [3.05, 3.63) is 59.7 Å². The zero-order chi connectivity index (χ0) is 16.7. The number of aryl methyl sites for hydroxylation is 1. The van der Waals surface area contributed by atoms with Gasteiger partial charge in [-0.3, -0.25) is 10.7 Å². The molecule has 23 heavy (non-hydrogen) atoms. The summed E-state index contributed by atoms with van der Waals surface area (Å²) in [6, 6.07) is 15.9. The Kier molecular flexibility index (Phi) is 6.03. The van der Waals surface area contributed by atoms with Crippen molar-refractivity contribution >= 4 is 5.84 Å². The fourth-order valence-electron chi connectivity index (χ4n) is 2.33. The van der Waals surface area contributed by atoms with E-state index in [1.807, 2.05) is 37.3 Å². The molecule has 0 bridgehead atoms. The van der Waals surface area contributed by atoms with E-state index in [2.05, 4.69) is 30.1 Å². The number of ether oxygens (including phenoxy) is 2. The molecule has 3 N–H and O–H groups in total. The highest BCUT2D eigenvalue weighted by Gasteiger charge is 2.08. The molecule has 1 atom stereocenters. The van der Waals surface area contributed by atoms with Crippen LogP contribution in [-0.4, -0.2) is 25.6 Å². The molecule has 2 aromatic rings. The predicted octanol–water partition coefficient (Wildman–Crippen LogP) is 1.45. The van der Waals surface area contributed by atoms with Crippen molar-refractivity contribution in [1.29, 1.82) is 0 Å². The van der Waals surface area contributed by atoms with Gasteiger partial charge in [-0.05, 0) is 31.5 Å². The molecular weight excluding hydrogens is 288 g/mol. The Hall–Kier alpha value is -2.49. The van der Waals surface area contributed by atoms with Crippen molar-refractivity contribution in [2.24, 2.45) is 5.73 Å². The van der Waals surface area contributed by atoms with E-state index < -0.39 is 0 Å². The van der Waals surface area contributed by atoms with Crippen LogP contribution in [0.3, 0.4) is 0 Å². The van der Waals surface area contributed by atoms with E-state index in [9.17, 15) is 0 Å². The number of hydrogen-bond acceptors (Lipinski definition) is 2. The first-order chi connectivity index (χ1) is 11.1. The second kappa shape index (κ2) is 8.22. The molecule has 0 unspecified atom stereocenters. The standard InChI is InChI=1S/C19H24N2O2/c1-14-6-4-7-16(10-14)11-19(20)21-13-15(2)23-18-9-5-8-17(12-18)22-3/h4-10,12,15H,11,13H2,1-3H3,(H2,20,21)/p+1/t15-/m1/s1. The van der Waals surface area contributed by atoms with E-state index in [0.717, 1.165) is 17.3 Å². The maximum atomic E-state index is 6.07. The molecule has 0 aliphatic heterocycles. The normalized spacial score (nSPS) is 12.7. The number of nitrogens with two attached hydrogens (primary N) is 1. The minimum atomic E-state index is -0.00170. The second-order valence-electron chi connectivity index (χ2n) is 5.68. The number of methoxy groups -OCH3 is 1. The van der Waals surface area contributed by atoms with Crippen LogP contribution in [0.15, 0.2) is 48.5 Å². The van der Waals surface area contributed by atoms with Gasteiger partial charge in [0.05, 0.1) is 13.5 Å². The van der Waals surface area contributed by atoms with Crippen LogP contribution in [0, 0.1) is 6.92 Å². The third-order valence-corrected chi connectivity index (χ3v) is 3.47. The highest BCUT2D eigenvalue weighted by atomic mass is 16.5. The molecule has 0 aliphatic rings.